The molecule has 0 aromatic heterocycles. The van der Waals surface area contributed by atoms with E-state index in [1.165, 1.54) is 0 Å². The van der Waals surface area contributed by atoms with Crippen LogP contribution in [-0.4, -0.2) is 23.2 Å². The van der Waals surface area contributed by atoms with E-state index in [-0.39, 0.29) is 6.10 Å². The summed E-state index contributed by atoms with van der Waals surface area (Å²) in [6, 6.07) is 0. The van der Waals surface area contributed by atoms with Crippen LogP contribution in [0.25, 0.3) is 0 Å². The highest BCUT2D eigenvalue weighted by Gasteiger charge is 1.91. The molecular formula is C4H10OS2. The van der Waals surface area contributed by atoms with E-state index in [1.54, 1.807) is 28.5 Å². The minimum atomic E-state index is -0.155. The number of aliphatic hydroxyl groups is 1. The predicted octanol–water partition coefficient (Wildman–Crippen LogP) is 1.38. The van der Waals surface area contributed by atoms with Gasteiger partial charge in [0.05, 0.1) is 6.10 Å². The molecule has 0 aliphatic carbocycles. The molecule has 0 fully saturated rings. The number of aliphatic hydroxyl groups excluding tert-OH is 1. The summed E-state index contributed by atoms with van der Waals surface area (Å²) in [5.74, 6) is 0.834. The Kier molecular flexibility index (Phi) is 5.26. The average Bonchev–Trinajstić information content (AvgIpc) is 1.61. The summed E-state index contributed by atoms with van der Waals surface area (Å²) in [5, 5.41) is 8.65. The van der Waals surface area contributed by atoms with Crippen LogP contribution >= 0.6 is 21.6 Å². The lowest BCUT2D eigenvalue weighted by atomic mass is 10.5. The maximum atomic E-state index is 8.65. The number of hydrogen-bond acceptors (Lipinski definition) is 3. The highest BCUT2D eigenvalue weighted by Crippen LogP contribution is 2.16. The Labute approximate surface area is 52.3 Å². The zero-order chi connectivity index (χ0) is 5.70. The molecule has 0 aliphatic rings. The Morgan fingerprint density at radius 2 is 2.29 bits per heavy atom. The van der Waals surface area contributed by atoms with E-state index in [9.17, 15) is 0 Å². The van der Waals surface area contributed by atoms with Crippen LogP contribution in [0.3, 0.4) is 0 Å². The molecule has 3 heteroatoms. The molecule has 7 heavy (non-hydrogen) atoms. The van der Waals surface area contributed by atoms with Crippen molar-refractivity contribution in [1.29, 1.82) is 0 Å². The monoisotopic (exact) mass is 138 g/mol. The van der Waals surface area contributed by atoms with Crippen LogP contribution in [-0.2, 0) is 0 Å². The van der Waals surface area contributed by atoms with Gasteiger partial charge in [0, 0.05) is 5.75 Å². The van der Waals surface area contributed by atoms with Crippen molar-refractivity contribution in [3.63, 3.8) is 0 Å². The Morgan fingerprint density at radius 1 is 1.71 bits per heavy atom. The Bertz CT molecular complexity index is 38.7. The second-order valence-corrected chi connectivity index (χ2v) is 3.91. The van der Waals surface area contributed by atoms with Crippen molar-refractivity contribution in [2.45, 2.75) is 13.0 Å². The van der Waals surface area contributed by atoms with E-state index < -0.39 is 0 Å². The Balaban J connectivity index is 2.68. The number of hydrogen-bond donors (Lipinski definition) is 1. The fourth-order valence-electron chi connectivity index (χ4n) is 0.167. The minimum absolute atomic E-state index is 0.155. The predicted molar refractivity (Wildman–Crippen MR) is 37.7 cm³/mol. The summed E-state index contributed by atoms with van der Waals surface area (Å²) in [6.45, 7) is 1.79. The lowest BCUT2D eigenvalue weighted by molar-refractivity contribution is 0.221. The van der Waals surface area contributed by atoms with Crippen molar-refractivity contribution < 1.29 is 5.11 Å². The smallest absolute Gasteiger partial charge is 0.0610 e. The molecule has 0 aromatic carbocycles. The van der Waals surface area contributed by atoms with Crippen molar-refractivity contribution in [2.75, 3.05) is 12.0 Å². The first-order valence-corrected chi connectivity index (χ1v) is 4.83. The molecule has 0 aromatic rings. The zero-order valence-corrected chi connectivity index (χ0v) is 6.18. The third-order valence-electron chi connectivity index (χ3n) is 0.427. The normalized spacial score (nSPS) is 14.1. The SMILES string of the molecule is CSSCC(C)O. The lowest BCUT2D eigenvalue weighted by Gasteiger charge is -1.97. The van der Waals surface area contributed by atoms with E-state index in [4.69, 9.17) is 5.11 Å². The first-order valence-electron chi connectivity index (χ1n) is 2.11. The summed E-state index contributed by atoms with van der Waals surface area (Å²) in [4.78, 5) is 0. The maximum absolute atomic E-state index is 8.65. The molecule has 1 unspecified atom stereocenters. The summed E-state index contributed by atoms with van der Waals surface area (Å²) in [7, 11) is 3.37. The van der Waals surface area contributed by atoms with Crippen molar-refractivity contribution in [3.8, 4) is 0 Å². The first-order chi connectivity index (χ1) is 3.27. The van der Waals surface area contributed by atoms with Crippen LogP contribution in [0.4, 0.5) is 0 Å². The Hall–Kier alpha value is 0.660. The molecule has 1 nitrogen and oxygen atoms in total. The van der Waals surface area contributed by atoms with Crippen molar-refractivity contribution >= 4 is 21.6 Å². The van der Waals surface area contributed by atoms with Gasteiger partial charge >= 0.3 is 0 Å². The molecular weight excluding hydrogens is 128 g/mol. The van der Waals surface area contributed by atoms with E-state index >= 15 is 0 Å². The van der Waals surface area contributed by atoms with Crippen molar-refractivity contribution in [1.82, 2.24) is 0 Å². The van der Waals surface area contributed by atoms with Gasteiger partial charge in [-0.3, -0.25) is 0 Å². The number of rotatable bonds is 3. The standard InChI is InChI=1S/C4H10OS2/c1-4(5)3-7-6-2/h4-5H,3H2,1-2H3. The molecule has 1 atom stereocenters. The van der Waals surface area contributed by atoms with Crippen LogP contribution in [0.5, 0.6) is 0 Å². The lowest BCUT2D eigenvalue weighted by Crippen LogP contribution is -2.00. The largest absolute Gasteiger partial charge is 0.393 e. The average molecular weight is 138 g/mol. The zero-order valence-electron chi connectivity index (χ0n) is 4.55. The molecule has 0 saturated carbocycles. The minimum Gasteiger partial charge on any atom is -0.393 e. The van der Waals surface area contributed by atoms with Crippen molar-refractivity contribution in [2.24, 2.45) is 0 Å². The van der Waals surface area contributed by atoms with Gasteiger partial charge in [0.1, 0.15) is 0 Å². The van der Waals surface area contributed by atoms with E-state index in [0.717, 1.165) is 5.75 Å². The van der Waals surface area contributed by atoms with Crippen LogP contribution in [0.1, 0.15) is 6.92 Å². The van der Waals surface area contributed by atoms with Gasteiger partial charge in [0.25, 0.3) is 0 Å². The molecule has 0 radical (unpaired) electrons. The molecule has 0 spiro atoms. The molecule has 1 N–H and O–H groups in total. The summed E-state index contributed by atoms with van der Waals surface area (Å²) >= 11 is 0. The first kappa shape index (κ1) is 7.66. The van der Waals surface area contributed by atoms with Crippen LogP contribution in [0.15, 0.2) is 0 Å². The topological polar surface area (TPSA) is 20.2 Å². The van der Waals surface area contributed by atoms with E-state index in [2.05, 4.69) is 0 Å². The molecule has 0 rings (SSSR count). The van der Waals surface area contributed by atoms with Gasteiger partial charge in [-0.2, -0.15) is 0 Å². The van der Waals surface area contributed by atoms with Gasteiger partial charge in [0.2, 0.25) is 0 Å². The van der Waals surface area contributed by atoms with Crippen molar-refractivity contribution in [3.05, 3.63) is 0 Å². The molecule has 0 bridgehead atoms. The van der Waals surface area contributed by atoms with Gasteiger partial charge in [-0.25, -0.2) is 0 Å². The van der Waals surface area contributed by atoms with Gasteiger partial charge < -0.3 is 5.11 Å². The van der Waals surface area contributed by atoms with Crippen LogP contribution in [0, 0.1) is 0 Å². The van der Waals surface area contributed by atoms with Gasteiger partial charge in [-0.1, -0.05) is 21.6 Å². The van der Waals surface area contributed by atoms with Crippen LogP contribution < -0.4 is 0 Å². The third kappa shape index (κ3) is 6.66. The second kappa shape index (κ2) is 4.81. The maximum Gasteiger partial charge on any atom is 0.0610 e. The van der Waals surface area contributed by atoms with Gasteiger partial charge in [-0.05, 0) is 13.2 Å². The third-order valence-corrected chi connectivity index (χ3v) is 2.40. The molecule has 0 aliphatic heterocycles. The highest BCUT2D eigenvalue weighted by atomic mass is 33.1. The molecule has 0 heterocycles. The summed E-state index contributed by atoms with van der Waals surface area (Å²) < 4.78 is 0. The summed E-state index contributed by atoms with van der Waals surface area (Å²) in [5.41, 5.74) is 0. The highest BCUT2D eigenvalue weighted by molar-refractivity contribution is 8.76. The molecule has 44 valence electrons. The fraction of sp³-hybridized carbons (Fsp3) is 1.00. The Morgan fingerprint density at radius 3 is 2.43 bits per heavy atom. The molecule has 0 amide bonds. The summed E-state index contributed by atoms with van der Waals surface area (Å²) in [6.07, 6.45) is 1.85. The van der Waals surface area contributed by atoms with E-state index in [0.29, 0.717) is 0 Å². The quantitative estimate of drug-likeness (QED) is 0.595. The van der Waals surface area contributed by atoms with E-state index in [1.807, 2.05) is 6.26 Å². The van der Waals surface area contributed by atoms with Gasteiger partial charge in [-0.15, -0.1) is 0 Å². The van der Waals surface area contributed by atoms with Gasteiger partial charge in [0.15, 0.2) is 0 Å². The molecule has 0 saturated heterocycles. The second-order valence-electron chi connectivity index (χ2n) is 1.30. The fourth-order valence-corrected chi connectivity index (χ4v) is 1.50. The van der Waals surface area contributed by atoms with Crippen LogP contribution in [0.2, 0.25) is 0 Å².